The van der Waals surface area contributed by atoms with Crippen LogP contribution in [0.4, 0.5) is 0 Å². The first-order valence-electron chi connectivity index (χ1n) is 5.98. The van der Waals surface area contributed by atoms with E-state index < -0.39 is 0 Å². The predicted octanol–water partition coefficient (Wildman–Crippen LogP) is 2.23. The molecule has 0 unspecified atom stereocenters. The lowest BCUT2D eigenvalue weighted by Gasteiger charge is -2.07. The molecule has 0 aliphatic rings. The minimum absolute atomic E-state index is 0.107. The number of hydrogen-bond donors (Lipinski definition) is 2. The Morgan fingerprint density at radius 1 is 1.60 bits per heavy atom. The van der Waals surface area contributed by atoms with Crippen LogP contribution in [0.3, 0.4) is 0 Å². The van der Waals surface area contributed by atoms with Crippen LogP contribution in [-0.2, 0) is 6.54 Å². The van der Waals surface area contributed by atoms with Crippen LogP contribution in [0.15, 0.2) is 29.8 Å². The van der Waals surface area contributed by atoms with Gasteiger partial charge in [0.1, 0.15) is 5.02 Å². The van der Waals surface area contributed by atoms with Gasteiger partial charge >= 0.3 is 0 Å². The fourth-order valence-corrected chi connectivity index (χ4v) is 1.85. The smallest absolute Gasteiger partial charge is 0.239 e. The lowest BCUT2D eigenvalue weighted by molar-refractivity contribution is 0.318. The topological polar surface area (TPSA) is 98.6 Å². The normalized spacial score (nSPS) is 11.6. The number of rotatable bonds is 5. The Morgan fingerprint density at radius 2 is 2.40 bits per heavy atom. The zero-order chi connectivity index (χ0) is 14.5. The van der Waals surface area contributed by atoms with Gasteiger partial charge in [0.15, 0.2) is 11.6 Å². The molecule has 0 fully saturated rings. The summed E-state index contributed by atoms with van der Waals surface area (Å²) in [5.41, 5.74) is 5.86. The van der Waals surface area contributed by atoms with E-state index in [1.165, 1.54) is 12.3 Å². The summed E-state index contributed by atoms with van der Waals surface area (Å²) in [5.74, 6) is 0.584. The molecule has 8 heteroatoms. The maximum Gasteiger partial charge on any atom is 0.239 e. The number of oxime groups is 1. The van der Waals surface area contributed by atoms with Crippen molar-refractivity contribution < 1.29 is 9.94 Å². The molecule has 0 bridgehead atoms. The third-order valence-corrected chi connectivity index (χ3v) is 2.88. The van der Waals surface area contributed by atoms with Gasteiger partial charge in [0.25, 0.3) is 0 Å². The lowest BCUT2D eigenvalue weighted by Crippen LogP contribution is -2.14. The zero-order valence-corrected chi connectivity index (χ0v) is 11.6. The number of halogens is 1. The first-order chi connectivity index (χ1) is 9.65. The third-order valence-electron chi connectivity index (χ3n) is 2.52. The molecular formula is C12H14ClN5O2. The van der Waals surface area contributed by atoms with Crippen molar-refractivity contribution in [3.63, 3.8) is 0 Å². The van der Waals surface area contributed by atoms with Gasteiger partial charge in [0, 0.05) is 18.3 Å². The van der Waals surface area contributed by atoms with Gasteiger partial charge in [-0.05, 0) is 12.5 Å². The van der Waals surface area contributed by atoms with Gasteiger partial charge in [-0.3, -0.25) is 4.68 Å². The Hall–Kier alpha value is -2.28. The van der Waals surface area contributed by atoms with Crippen LogP contribution >= 0.6 is 11.6 Å². The Morgan fingerprint density at radius 3 is 3.10 bits per heavy atom. The van der Waals surface area contributed by atoms with Gasteiger partial charge in [-0.2, -0.15) is 5.10 Å². The van der Waals surface area contributed by atoms with Crippen molar-refractivity contribution in [3.8, 4) is 11.6 Å². The highest BCUT2D eigenvalue weighted by Gasteiger charge is 2.13. The van der Waals surface area contributed by atoms with E-state index in [2.05, 4.69) is 22.2 Å². The maximum atomic E-state index is 8.69. The van der Waals surface area contributed by atoms with E-state index in [1.807, 2.05) is 0 Å². The van der Waals surface area contributed by atoms with E-state index in [-0.39, 0.29) is 16.7 Å². The average Bonchev–Trinajstić information content (AvgIpc) is 2.88. The molecule has 0 spiro atoms. The number of nitrogens with zero attached hydrogens (tertiary/aromatic N) is 4. The minimum atomic E-state index is -0.107. The summed E-state index contributed by atoms with van der Waals surface area (Å²) in [6, 6.07) is 1.53. The molecule has 3 N–H and O–H groups in total. The summed E-state index contributed by atoms with van der Waals surface area (Å²) in [7, 11) is 0. The second kappa shape index (κ2) is 6.25. The van der Waals surface area contributed by atoms with Gasteiger partial charge in [-0.1, -0.05) is 23.7 Å². The van der Waals surface area contributed by atoms with Crippen LogP contribution in [0.5, 0.6) is 11.6 Å². The Balaban J connectivity index is 2.24. The van der Waals surface area contributed by atoms with E-state index in [0.29, 0.717) is 11.3 Å². The summed E-state index contributed by atoms with van der Waals surface area (Å²) in [4.78, 5) is 4.02. The number of aromatic nitrogens is 3. The summed E-state index contributed by atoms with van der Waals surface area (Å²) in [6.07, 6.45) is 5.76. The van der Waals surface area contributed by atoms with Crippen LogP contribution < -0.4 is 10.5 Å². The van der Waals surface area contributed by atoms with Crippen molar-refractivity contribution in [2.24, 2.45) is 10.9 Å². The Labute approximate surface area is 120 Å². The number of aryl methyl sites for hydroxylation is 1. The molecule has 2 rings (SSSR count). The molecule has 7 nitrogen and oxygen atoms in total. The van der Waals surface area contributed by atoms with Gasteiger partial charge in [-0.25, -0.2) is 4.98 Å². The Bertz CT molecular complexity index is 626. The molecule has 2 aromatic heterocycles. The molecule has 0 aromatic carbocycles. The highest BCUT2D eigenvalue weighted by Crippen LogP contribution is 2.29. The van der Waals surface area contributed by atoms with Crippen molar-refractivity contribution in [1.82, 2.24) is 14.8 Å². The van der Waals surface area contributed by atoms with E-state index in [0.717, 1.165) is 13.0 Å². The standard InChI is InChI=1S/C12H14ClN5O2/c1-2-5-18-7-8(6-16-18)20-12-10(13)9(3-4-15-12)11(14)17-19/h3-4,6-7,19H,2,5H2,1H3,(H2,14,17). The van der Waals surface area contributed by atoms with Crippen molar-refractivity contribution in [3.05, 3.63) is 35.2 Å². The summed E-state index contributed by atoms with van der Waals surface area (Å²) < 4.78 is 7.31. The summed E-state index contributed by atoms with van der Waals surface area (Å²) >= 11 is 6.11. The highest BCUT2D eigenvalue weighted by atomic mass is 35.5. The van der Waals surface area contributed by atoms with Crippen LogP contribution in [0.25, 0.3) is 0 Å². The molecule has 2 aromatic rings. The molecule has 0 saturated carbocycles. The van der Waals surface area contributed by atoms with Gasteiger partial charge in [0.05, 0.1) is 12.4 Å². The minimum Gasteiger partial charge on any atom is -0.434 e. The monoisotopic (exact) mass is 295 g/mol. The SMILES string of the molecule is CCCn1cc(Oc2nccc(/C(N)=N/O)c2Cl)cn1. The highest BCUT2D eigenvalue weighted by molar-refractivity contribution is 6.35. The van der Waals surface area contributed by atoms with E-state index in [1.54, 1.807) is 17.1 Å². The number of nitrogens with two attached hydrogens (primary N) is 1. The van der Waals surface area contributed by atoms with Crippen molar-refractivity contribution in [2.75, 3.05) is 0 Å². The van der Waals surface area contributed by atoms with Gasteiger partial charge < -0.3 is 15.7 Å². The van der Waals surface area contributed by atoms with E-state index in [4.69, 9.17) is 27.3 Å². The quantitative estimate of drug-likeness (QED) is 0.381. The Kier molecular flexibility index (Phi) is 4.41. The largest absolute Gasteiger partial charge is 0.434 e. The molecule has 0 atom stereocenters. The van der Waals surface area contributed by atoms with E-state index >= 15 is 0 Å². The van der Waals surface area contributed by atoms with Crippen LogP contribution in [0, 0.1) is 0 Å². The number of hydrogen-bond acceptors (Lipinski definition) is 5. The maximum absolute atomic E-state index is 8.69. The summed E-state index contributed by atoms with van der Waals surface area (Å²) in [5, 5.41) is 15.9. The third kappa shape index (κ3) is 3.00. The fourth-order valence-electron chi connectivity index (χ4n) is 1.61. The molecular weight excluding hydrogens is 282 g/mol. The van der Waals surface area contributed by atoms with Crippen LogP contribution in [-0.4, -0.2) is 25.8 Å². The molecule has 0 aliphatic heterocycles. The molecule has 20 heavy (non-hydrogen) atoms. The number of ether oxygens (including phenoxy) is 1. The first kappa shape index (κ1) is 14.1. The van der Waals surface area contributed by atoms with E-state index in [9.17, 15) is 0 Å². The van der Waals surface area contributed by atoms with Gasteiger partial charge in [0.2, 0.25) is 5.88 Å². The molecule has 2 heterocycles. The van der Waals surface area contributed by atoms with Crippen molar-refractivity contribution >= 4 is 17.4 Å². The second-order valence-electron chi connectivity index (χ2n) is 4.00. The molecule has 0 amide bonds. The predicted molar refractivity (Wildman–Crippen MR) is 74.3 cm³/mol. The fraction of sp³-hybridized carbons (Fsp3) is 0.250. The zero-order valence-electron chi connectivity index (χ0n) is 10.8. The number of amidine groups is 1. The van der Waals surface area contributed by atoms with Crippen LogP contribution in [0.1, 0.15) is 18.9 Å². The van der Waals surface area contributed by atoms with Crippen molar-refractivity contribution in [2.45, 2.75) is 19.9 Å². The lowest BCUT2D eigenvalue weighted by atomic mass is 10.2. The average molecular weight is 296 g/mol. The second-order valence-corrected chi connectivity index (χ2v) is 4.38. The molecule has 0 radical (unpaired) electrons. The molecule has 0 saturated heterocycles. The first-order valence-corrected chi connectivity index (χ1v) is 6.36. The van der Waals surface area contributed by atoms with Gasteiger partial charge in [-0.15, -0.1) is 0 Å². The molecule has 106 valence electrons. The summed E-state index contributed by atoms with van der Waals surface area (Å²) in [6.45, 7) is 2.86. The van der Waals surface area contributed by atoms with Crippen LogP contribution in [0.2, 0.25) is 5.02 Å². The molecule has 0 aliphatic carbocycles. The van der Waals surface area contributed by atoms with Crippen molar-refractivity contribution in [1.29, 1.82) is 0 Å². The number of pyridine rings is 1.